The molecular formula is C14H21BrN2. The predicted molar refractivity (Wildman–Crippen MR) is 77.9 cm³/mol. The molecule has 2 rings (SSSR count). The zero-order valence-corrected chi connectivity index (χ0v) is 12.6. The summed E-state index contributed by atoms with van der Waals surface area (Å²) in [4.78, 5) is 2.54. The summed E-state index contributed by atoms with van der Waals surface area (Å²) in [6.07, 6.45) is 0. The molecule has 1 aliphatic heterocycles. The second kappa shape index (κ2) is 4.99. The minimum Gasteiger partial charge on any atom is -0.366 e. The van der Waals surface area contributed by atoms with Crippen LogP contribution in [0.5, 0.6) is 0 Å². The monoisotopic (exact) mass is 296 g/mol. The van der Waals surface area contributed by atoms with Crippen LogP contribution < -0.4 is 10.2 Å². The first-order valence-corrected chi connectivity index (χ1v) is 7.05. The number of rotatable bonds is 1. The van der Waals surface area contributed by atoms with Crippen molar-refractivity contribution in [2.75, 3.05) is 18.0 Å². The van der Waals surface area contributed by atoms with Gasteiger partial charge in [0.2, 0.25) is 0 Å². The third kappa shape index (κ3) is 2.66. The van der Waals surface area contributed by atoms with E-state index in [4.69, 9.17) is 0 Å². The topological polar surface area (TPSA) is 15.3 Å². The summed E-state index contributed by atoms with van der Waals surface area (Å²) < 4.78 is 1.17. The fourth-order valence-electron chi connectivity index (χ4n) is 2.69. The van der Waals surface area contributed by atoms with E-state index in [1.165, 1.54) is 21.3 Å². The molecular weight excluding hydrogens is 276 g/mol. The number of hydrogen-bond donors (Lipinski definition) is 1. The van der Waals surface area contributed by atoms with Crippen molar-refractivity contribution in [2.24, 2.45) is 0 Å². The standard InChI is InChI=1S/C14H21BrN2/c1-9-5-13(15)6-10(2)14(9)17-8-11(3)16-7-12(17)4/h5-6,11-12,16H,7-8H2,1-4H3. The van der Waals surface area contributed by atoms with Gasteiger partial charge in [0.15, 0.2) is 0 Å². The molecule has 0 bridgehead atoms. The lowest BCUT2D eigenvalue weighted by Crippen LogP contribution is -2.54. The Morgan fingerprint density at radius 3 is 2.41 bits per heavy atom. The minimum absolute atomic E-state index is 0.560. The van der Waals surface area contributed by atoms with Crippen LogP contribution in [0.15, 0.2) is 16.6 Å². The van der Waals surface area contributed by atoms with Gasteiger partial charge < -0.3 is 10.2 Å². The minimum atomic E-state index is 0.560. The average Bonchev–Trinajstić information content (AvgIpc) is 2.21. The van der Waals surface area contributed by atoms with E-state index >= 15 is 0 Å². The van der Waals surface area contributed by atoms with E-state index in [0.717, 1.165) is 13.1 Å². The van der Waals surface area contributed by atoms with Crippen molar-refractivity contribution in [1.82, 2.24) is 5.32 Å². The van der Waals surface area contributed by atoms with E-state index in [2.05, 4.69) is 66.0 Å². The quantitative estimate of drug-likeness (QED) is 0.856. The van der Waals surface area contributed by atoms with E-state index in [1.54, 1.807) is 0 Å². The van der Waals surface area contributed by atoms with Crippen LogP contribution in [0.1, 0.15) is 25.0 Å². The van der Waals surface area contributed by atoms with Gasteiger partial charge in [-0.2, -0.15) is 0 Å². The summed E-state index contributed by atoms with van der Waals surface area (Å²) in [6, 6.07) is 5.54. The van der Waals surface area contributed by atoms with Gasteiger partial charge in [-0.25, -0.2) is 0 Å². The number of nitrogens with zero attached hydrogens (tertiary/aromatic N) is 1. The molecule has 0 aliphatic carbocycles. The lowest BCUT2D eigenvalue weighted by Gasteiger charge is -2.40. The van der Waals surface area contributed by atoms with Gasteiger partial charge in [0.05, 0.1) is 0 Å². The van der Waals surface area contributed by atoms with E-state index in [1.807, 2.05) is 0 Å². The van der Waals surface area contributed by atoms with Gasteiger partial charge in [-0.1, -0.05) is 15.9 Å². The third-order valence-electron chi connectivity index (χ3n) is 3.51. The van der Waals surface area contributed by atoms with Crippen LogP contribution in [0.25, 0.3) is 0 Å². The summed E-state index contributed by atoms with van der Waals surface area (Å²) in [7, 11) is 0. The fraction of sp³-hybridized carbons (Fsp3) is 0.571. The zero-order valence-electron chi connectivity index (χ0n) is 11.0. The van der Waals surface area contributed by atoms with Crippen LogP contribution in [0.3, 0.4) is 0 Å². The van der Waals surface area contributed by atoms with Crippen molar-refractivity contribution in [2.45, 2.75) is 39.8 Å². The van der Waals surface area contributed by atoms with Gasteiger partial charge in [-0.3, -0.25) is 0 Å². The summed E-state index contributed by atoms with van der Waals surface area (Å²) in [5.41, 5.74) is 4.13. The van der Waals surface area contributed by atoms with Gasteiger partial charge in [0.1, 0.15) is 0 Å². The maximum atomic E-state index is 3.57. The summed E-state index contributed by atoms with van der Waals surface area (Å²) >= 11 is 3.57. The third-order valence-corrected chi connectivity index (χ3v) is 3.97. The average molecular weight is 297 g/mol. The molecule has 1 saturated heterocycles. The van der Waals surface area contributed by atoms with Crippen molar-refractivity contribution in [3.63, 3.8) is 0 Å². The number of hydrogen-bond acceptors (Lipinski definition) is 2. The highest BCUT2D eigenvalue weighted by molar-refractivity contribution is 9.10. The summed E-state index contributed by atoms with van der Waals surface area (Å²) in [5, 5.41) is 3.53. The van der Waals surface area contributed by atoms with Crippen LogP contribution in [-0.4, -0.2) is 25.2 Å². The van der Waals surface area contributed by atoms with Crippen LogP contribution in [-0.2, 0) is 0 Å². The molecule has 1 fully saturated rings. The molecule has 1 aromatic rings. The van der Waals surface area contributed by atoms with Gasteiger partial charge in [-0.15, -0.1) is 0 Å². The summed E-state index contributed by atoms with van der Waals surface area (Å²) in [5.74, 6) is 0. The maximum absolute atomic E-state index is 3.57. The van der Waals surface area contributed by atoms with Crippen LogP contribution >= 0.6 is 15.9 Å². The number of benzene rings is 1. The van der Waals surface area contributed by atoms with Gasteiger partial charge in [0, 0.05) is 35.3 Å². The normalized spacial score (nSPS) is 25.1. The fourth-order valence-corrected chi connectivity index (χ4v) is 3.38. The molecule has 0 aromatic heterocycles. The molecule has 0 radical (unpaired) electrons. The van der Waals surface area contributed by atoms with Crippen LogP contribution in [0.2, 0.25) is 0 Å². The predicted octanol–water partition coefficient (Wildman–Crippen LogP) is 3.25. The molecule has 94 valence electrons. The van der Waals surface area contributed by atoms with E-state index < -0.39 is 0 Å². The van der Waals surface area contributed by atoms with Gasteiger partial charge >= 0.3 is 0 Å². The first-order valence-electron chi connectivity index (χ1n) is 6.26. The number of aryl methyl sites for hydroxylation is 2. The Balaban J connectivity index is 2.38. The molecule has 2 nitrogen and oxygen atoms in total. The lowest BCUT2D eigenvalue weighted by atomic mass is 10.0. The molecule has 2 unspecified atom stereocenters. The van der Waals surface area contributed by atoms with Gasteiger partial charge in [-0.05, 0) is 51.0 Å². The second-order valence-electron chi connectivity index (χ2n) is 5.20. The van der Waals surface area contributed by atoms with E-state index in [9.17, 15) is 0 Å². The highest BCUT2D eigenvalue weighted by Gasteiger charge is 2.24. The number of anilines is 1. The van der Waals surface area contributed by atoms with E-state index in [0.29, 0.717) is 12.1 Å². The Hall–Kier alpha value is -0.540. The zero-order chi connectivity index (χ0) is 12.6. The molecule has 2 atom stereocenters. The van der Waals surface area contributed by atoms with Crippen molar-refractivity contribution in [3.8, 4) is 0 Å². The second-order valence-corrected chi connectivity index (χ2v) is 6.11. The molecule has 1 N–H and O–H groups in total. The molecule has 0 amide bonds. The Morgan fingerprint density at radius 2 is 1.82 bits per heavy atom. The Bertz CT molecular complexity index is 394. The molecule has 0 saturated carbocycles. The molecule has 3 heteroatoms. The molecule has 1 aliphatic rings. The first kappa shape index (κ1) is 12.9. The lowest BCUT2D eigenvalue weighted by molar-refractivity contribution is 0.424. The number of halogens is 1. The van der Waals surface area contributed by atoms with Crippen LogP contribution in [0.4, 0.5) is 5.69 Å². The first-order chi connectivity index (χ1) is 7.99. The SMILES string of the molecule is Cc1cc(Br)cc(C)c1N1CC(C)NCC1C. The maximum Gasteiger partial charge on any atom is 0.0429 e. The highest BCUT2D eigenvalue weighted by Crippen LogP contribution is 2.30. The van der Waals surface area contributed by atoms with Crippen molar-refractivity contribution >= 4 is 21.6 Å². The largest absolute Gasteiger partial charge is 0.366 e. The number of nitrogens with one attached hydrogen (secondary N) is 1. The van der Waals surface area contributed by atoms with Crippen molar-refractivity contribution < 1.29 is 0 Å². The number of piperazine rings is 1. The Kier molecular flexibility index (Phi) is 3.79. The van der Waals surface area contributed by atoms with Crippen molar-refractivity contribution in [1.29, 1.82) is 0 Å². The van der Waals surface area contributed by atoms with Crippen molar-refractivity contribution in [3.05, 3.63) is 27.7 Å². The molecule has 1 aromatic carbocycles. The highest BCUT2D eigenvalue weighted by atomic mass is 79.9. The molecule has 17 heavy (non-hydrogen) atoms. The Morgan fingerprint density at radius 1 is 1.24 bits per heavy atom. The molecule has 1 heterocycles. The Labute approximate surface area is 113 Å². The molecule has 0 spiro atoms. The van der Waals surface area contributed by atoms with E-state index in [-0.39, 0.29) is 0 Å². The summed E-state index contributed by atoms with van der Waals surface area (Å²) in [6.45, 7) is 11.1. The van der Waals surface area contributed by atoms with Gasteiger partial charge in [0.25, 0.3) is 0 Å². The smallest absolute Gasteiger partial charge is 0.0429 e. The van der Waals surface area contributed by atoms with Crippen LogP contribution in [0, 0.1) is 13.8 Å².